The first kappa shape index (κ1) is 29.0. The largest absolute Gasteiger partial charge is 0.480 e. The van der Waals surface area contributed by atoms with Gasteiger partial charge in [0.25, 0.3) is 0 Å². The average molecular weight is 500 g/mol. The number of amides is 1. The van der Waals surface area contributed by atoms with E-state index in [2.05, 4.69) is 12.2 Å². The Kier molecular flexibility index (Phi) is 12.4. The summed E-state index contributed by atoms with van der Waals surface area (Å²) in [5.74, 6) is -2.41. The molecule has 2 aliphatic rings. The number of nitrogens with zero attached hydrogens (tertiary/aromatic N) is 4. The van der Waals surface area contributed by atoms with E-state index >= 15 is 0 Å². The molecule has 2 atom stereocenters. The Morgan fingerprint density at radius 2 is 1.03 bits per heavy atom. The van der Waals surface area contributed by atoms with Gasteiger partial charge in [-0.15, -0.1) is 0 Å². The molecule has 35 heavy (non-hydrogen) atoms. The third-order valence-electron chi connectivity index (χ3n) is 6.68. The number of aliphatic carboxylic acids is 3. The fourth-order valence-electron chi connectivity index (χ4n) is 4.83. The number of nitrogens with one attached hydrogen (secondary N) is 1. The summed E-state index contributed by atoms with van der Waals surface area (Å²) in [6, 6.07) is 0.172. The number of hydrogen-bond acceptors (Lipinski definition) is 8. The second kappa shape index (κ2) is 15.0. The minimum atomic E-state index is -0.990. The van der Waals surface area contributed by atoms with Crippen molar-refractivity contribution in [3.8, 4) is 0 Å². The van der Waals surface area contributed by atoms with Gasteiger partial charge in [0.15, 0.2) is 0 Å². The molecule has 2 unspecified atom stereocenters. The van der Waals surface area contributed by atoms with Crippen molar-refractivity contribution in [2.24, 2.45) is 5.92 Å². The molecule has 12 nitrogen and oxygen atoms in total. The van der Waals surface area contributed by atoms with Gasteiger partial charge in [0.2, 0.25) is 5.91 Å². The third kappa shape index (κ3) is 12.3. The summed E-state index contributed by atoms with van der Waals surface area (Å²) in [7, 11) is 0. The lowest BCUT2D eigenvalue weighted by Gasteiger charge is -2.33. The van der Waals surface area contributed by atoms with Gasteiger partial charge in [0.05, 0.1) is 26.2 Å². The molecule has 200 valence electrons. The van der Waals surface area contributed by atoms with Crippen molar-refractivity contribution >= 4 is 23.8 Å². The van der Waals surface area contributed by atoms with Crippen LogP contribution in [0.3, 0.4) is 0 Å². The Hall–Kier alpha value is -2.28. The van der Waals surface area contributed by atoms with E-state index in [0.29, 0.717) is 58.3 Å². The smallest absolute Gasteiger partial charge is 0.317 e. The predicted octanol–water partition coefficient (Wildman–Crippen LogP) is -0.843. The van der Waals surface area contributed by atoms with Crippen molar-refractivity contribution in [1.29, 1.82) is 0 Å². The highest BCUT2D eigenvalue weighted by atomic mass is 16.4. The standard InChI is InChI=1S/C23H41N5O7/c1-18-3-2-4-19(13-18)24-20(29)14-25-5-7-26(15-21(30)31)9-11-28(17-23(34)35)12-10-27(8-6-25)16-22(32)33/h18-19H,2-17H2,1H3,(H,24,29)(H,30,31)(H,32,33)(H,34,35). The molecular formula is C23H41N5O7. The number of carbonyl (C=O) groups is 4. The molecule has 0 aromatic carbocycles. The number of carboxylic acids is 3. The van der Waals surface area contributed by atoms with Gasteiger partial charge in [-0.05, 0) is 18.8 Å². The molecule has 0 radical (unpaired) electrons. The molecule has 2 rings (SSSR count). The lowest BCUT2D eigenvalue weighted by Crippen LogP contribution is -2.50. The highest BCUT2D eigenvalue weighted by Crippen LogP contribution is 2.23. The van der Waals surface area contributed by atoms with Gasteiger partial charge < -0.3 is 20.6 Å². The number of carbonyl (C=O) groups excluding carboxylic acids is 1. The first-order valence-electron chi connectivity index (χ1n) is 12.4. The molecule has 4 N–H and O–H groups in total. The van der Waals surface area contributed by atoms with Crippen LogP contribution in [0.4, 0.5) is 0 Å². The summed E-state index contributed by atoms with van der Waals surface area (Å²) >= 11 is 0. The Bertz CT molecular complexity index is 690. The summed E-state index contributed by atoms with van der Waals surface area (Å²) in [6.45, 7) is 4.92. The van der Waals surface area contributed by atoms with E-state index in [1.807, 2.05) is 4.90 Å². The van der Waals surface area contributed by atoms with Crippen molar-refractivity contribution in [3.63, 3.8) is 0 Å². The zero-order chi connectivity index (χ0) is 25.8. The normalized spacial score (nSPS) is 24.7. The SMILES string of the molecule is CC1CCCC(NC(=O)CN2CCN(CC(=O)O)CCN(CC(=O)O)CCN(CC(=O)O)CC2)C1. The van der Waals surface area contributed by atoms with Crippen molar-refractivity contribution in [2.45, 2.75) is 38.6 Å². The van der Waals surface area contributed by atoms with Gasteiger partial charge in [0.1, 0.15) is 0 Å². The van der Waals surface area contributed by atoms with Crippen molar-refractivity contribution in [3.05, 3.63) is 0 Å². The van der Waals surface area contributed by atoms with Gasteiger partial charge in [0, 0.05) is 58.4 Å². The second-order valence-electron chi connectivity index (χ2n) is 9.82. The Morgan fingerprint density at radius 1 is 0.657 bits per heavy atom. The van der Waals surface area contributed by atoms with Gasteiger partial charge >= 0.3 is 17.9 Å². The molecule has 1 amide bonds. The average Bonchev–Trinajstić information content (AvgIpc) is 2.74. The van der Waals surface area contributed by atoms with E-state index in [4.69, 9.17) is 0 Å². The monoisotopic (exact) mass is 499 g/mol. The Morgan fingerprint density at radius 3 is 1.37 bits per heavy atom. The topological polar surface area (TPSA) is 154 Å². The molecule has 0 bridgehead atoms. The summed E-state index contributed by atoms with van der Waals surface area (Å²) in [6.07, 6.45) is 4.23. The molecule has 2 fully saturated rings. The van der Waals surface area contributed by atoms with Crippen LogP contribution in [-0.2, 0) is 19.2 Å². The van der Waals surface area contributed by atoms with E-state index in [1.165, 1.54) is 6.42 Å². The van der Waals surface area contributed by atoms with Crippen LogP contribution in [0, 0.1) is 5.92 Å². The van der Waals surface area contributed by atoms with Crippen LogP contribution in [-0.4, -0.2) is 143 Å². The third-order valence-corrected chi connectivity index (χ3v) is 6.68. The maximum absolute atomic E-state index is 12.8. The maximum Gasteiger partial charge on any atom is 0.317 e. The second-order valence-corrected chi connectivity index (χ2v) is 9.82. The van der Waals surface area contributed by atoms with E-state index in [1.54, 1.807) is 14.7 Å². The van der Waals surface area contributed by atoms with Crippen LogP contribution in [0.15, 0.2) is 0 Å². The Labute approximate surface area is 206 Å². The summed E-state index contributed by atoms with van der Waals surface area (Å²) < 4.78 is 0. The molecule has 1 saturated heterocycles. The Balaban J connectivity index is 2.06. The number of carboxylic acid groups (broad SMARTS) is 3. The van der Waals surface area contributed by atoms with Crippen molar-refractivity contribution < 1.29 is 34.5 Å². The van der Waals surface area contributed by atoms with Crippen LogP contribution < -0.4 is 5.32 Å². The zero-order valence-corrected chi connectivity index (χ0v) is 20.7. The lowest BCUT2D eigenvalue weighted by molar-refractivity contribution is -0.140. The summed E-state index contributed by atoms with van der Waals surface area (Å²) in [5.41, 5.74) is 0. The predicted molar refractivity (Wildman–Crippen MR) is 128 cm³/mol. The molecule has 1 saturated carbocycles. The van der Waals surface area contributed by atoms with Gasteiger partial charge in [-0.3, -0.25) is 38.8 Å². The number of hydrogen-bond donors (Lipinski definition) is 4. The van der Waals surface area contributed by atoms with Gasteiger partial charge in [-0.25, -0.2) is 0 Å². The fourth-order valence-corrected chi connectivity index (χ4v) is 4.83. The van der Waals surface area contributed by atoms with Crippen LogP contribution in [0.1, 0.15) is 32.6 Å². The first-order valence-corrected chi connectivity index (χ1v) is 12.4. The molecule has 1 aliphatic heterocycles. The summed E-state index contributed by atoms with van der Waals surface area (Å²) in [5, 5.41) is 31.0. The molecule has 0 aromatic rings. The maximum atomic E-state index is 12.8. The van der Waals surface area contributed by atoms with E-state index in [9.17, 15) is 34.5 Å². The van der Waals surface area contributed by atoms with Crippen LogP contribution >= 0.6 is 0 Å². The van der Waals surface area contributed by atoms with Crippen LogP contribution in [0.25, 0.3) is 0 Å². The molecular weight excluding hydrogens is 458 g/mol. The van der Waals surface area contributed by atoms with Crippen LogP contribution in [0.2, 0.25) is 0 Å². The number of rotatable bonds is 9. The van der Waals surface area contributed by atoms with Crippen molar-refractivity contribution in [2.75, 3.05) is 78.5 Å². The molecule has 0 spiro atoms. The molecule has 1 aliphatic carbocycles. The molecule has 12 heteroatoms. The fraction of sp³-hybridized carbons (Fsp3) is 0.826. The highest BCUT2D eigenvalue weighted by molar-refractivity contribution is 5.78. The van der Waals surface area contributed by atoms with Crippen molar-refractivity contribution in [1.82, 2.24) is 24.9 Å². The molecule has 1 heterocycles. The van der Waals surface area contributed by atoms with E-state index < -0.39 is 17.9 Å². The highest BCUT2D eigenvalue weighted by Gasteiger charge is 2.23. The first-order chi connectivity index (χ1) is 16.6. The minimum Gasteiger partial charge on any atom is -0.480 e. The summed E-state index contributed by atoms with van der Waals surface area (Å²) in [4.78, 5) is 53.9. The van der Waals surface area contributed by atoms with Gasteiger partial charge in [-0.1, -0.05) is 19.8 Å². The molecule has 0 aromatic heterocycles. The van der Waals surface area contributed by atoms with Gasteiger partial charge in [-0.2, -0.15) is 0 Å². The van der Waals surface area contributed by atoms with E-state index in [-0.39, 0.29) is 38.1 Å². The van der Waals surface area contributed by atoms with E-state index in [0.717, 1.165) is 19.3 Å². The zero-order valence-electron chi connectivity index (χ0n) is 20.7. The van der Waals surface area contributed by atoms with Crippen LogP contribution in [0.5, 0.6) is 0 Å². The quantitative estimate of drug-likeness (QED) is 0.314. The lowest BCUT2D eigenvalue weighted by atomic mass is 9.87. The minimum absolute atomic E-state index is 0.0709.